The predicted molar refractivity (Wildman–Crippen MR) is 112 cm³/mol. The van der Waals surface area contributed by atoms with Gasteiger partial charge in [0.2, 0.25) is 5.91 Å². The second kappa shape index (κ2) is 6.73. The van der Waals surface area contributed by atoms with Crippen molar-refractivity contribution in [2.24, 2.45) is 0 Å². The summed E-state index contributed by atoms with van der Waals surface area (Å²) in [4.78, 5) is 29.5. The van der Waals surface area contributed by atoms with Crippen molar-refractivity contribution in [2.75, 3.05) is 43.9 Å². The molecule has 1 amide bonds. The minimum Gasteiger partial charge on any atom is -0.424 e. The van der Waals surface area contributed by atoms with Crippen LogP contribution >= 0.6 is 0 Å². The van der Waals surface area contributed by atoms with Gasteiger partial charge in [-0.25, -0.2) is 4.98 Å². The number of benzene rings is 2. The predicted octanol–water partition coefficient (Wildman–Crippen LogP) is 2.76. The first kappa shape index (κ1) is 17.4. The number of fused-ring (bicyclic) bond motifs is 2. The summed E-state index contributed by atoms with van der Waals surface area (Å²) in [6, 6.07) is 12.4. The van der Waals surface area contributed by atoms with Crippen LogP contribution in [-0.2, 0) is 4.79 Å². The Hall–Kier alpha value is -3.68. The van der Waals surface area contributed by atoms with E-state index in [1.165, 1.54) is 0 Å². The number of amides is 1. The quantitative estimate of drug-likeness (QED) is 0.577. The Balaban J connectivity index is 1.51. The lowest BCUT2D eigenvalue weighted by Gasteiger charge is -2.32. The summed E-state index contributed by atoms with van der Waals surface area (Å²) in [5.41, 5.74) is 5.19. The summed E-state index contributed by atoms with van der Waals surface area (Å²) in [7, 11) is 3.60. The third kappa shape index (κ3) is 3.12. The number of carbonyl (C=O) groups excluding carboxylic acids is 1. The van der Waals surface area contributed by atoms with Crippen LogP contribution in [0.2, 0.25) is 0 Å². The summed E-state index contributed by atoms with van der Waals surface area (Å²) in [5.74, 6) is 0.815. The maximum Gasteiger partial charge on any atom is 0.295 e. The highest BCUT2D eigenvalue weighted by atomic mass is 16.4. The highest BCUT2D eigenvalue weighted by Crippen LogP contribution is 2.28. The van der Waals surface area contributed by atoms with Gasteiger partial charge < -0.3 is 19.5 Å². The summed E-state index contributed by atoms with van der Waals surface area (Å²) >= 11 is 0. The molecule has 1 fully saturated rings. The van der Waals surface area contributed by atoms with Crippen molar-refractivity contribution in [3.05, 3.63) is 42.6 Å². The number of nitrogens with one attached hydrogen (secondary N) is 1. The minimum absolute atomic E-state index is 0.0914. The number of nitrogens with zero attached hydrogens (tertiary/aromatic N) is 5. The molecule has 5 rings (SSSR count). The Kier molecular flexibility index (Phi) is 4.04. The zero-order valence-corrected chi connectivity index (χ0v) is 16.2. The molecule has 0 spiro atoms. The van der Waals surface area contributed by atoms with E-state index in [0.717, 1.165) is 45.6 Å². The molecule has 1 saturated heterocycles. The van der Waals surface area contributed by atoms with Gasteiger partial charge in [-0.15, -0.1) is 0 Å². The lowest BCUT2D eigenvalue weighted by atomic mass is 10.0. The summed E-state index contributed by atoms with van der Waals surface area (Å²) < 4.78 is 5.60. The van der Waals surface area contributed by atoms with Gasteiger partial charge in [-0.05, 0) is 35.4 Å². The second-order valence-corrected chi connectivity index (χ2v) is 7.12. The van der Waals surface area contributed by atoms with Crippen molar-refractivity contribution in [3.8, 4) is 11.1 Å². The van der Waals surface area contributed by atoms with E-state index in [9.17, 15) is 4.79 Å². The van der Waals surface area contributed by atoms with Gasteiger partial charge in [-0.3, -0.25) is 9.78 Å². The Bertz CT molecular complexity index is 1230. The lowest BCUT2D eigenvalue weighted by Crippen LogP contribution is -2.48. The molecule has 0 saturated carbocycles. The van der Waals surface area contributed by atoms with Gasteiger partial charge in [0.25, 0.3) is 6.01 Å². The summed E-state index contributed by atoms with van der Waals surface area (Å²) in [6.45, 7) is 1.76. The Morgan fingerprint density at radius 3 is 2.59 bits per heavy atom. The molecule has 0 bridgehead atoms. The number of rotatable bonds is 3. The van der Waals surface area contributed by atoms with Gasteiger partial charge in [0, 0.05) is 27.2 Å². The molecule has 2 aromatic carbocycles. The number of likely N-dealkylation sites (N-methyl/N-ethyl adjacent to an activating group) is 1. The second-order valence-electron chi connectivity index (χ2n) is 7.12. The molecule has 0 unspecified atom stereocenters. The third-order valence-electron chi connectivity index (χ3n) is 5.25. The molecule has 8 nitrogen and oxygen atoms in total. The van der Waals surface area contributed by atoms with E-state index >= 15 is 0 Å². The SMILES string of the molecule is CNc1nc2cc(-c3ccc4ncc(N5CCN(C)C(=O)C5)nc4c3)ccc2o1. The van der Waals surface area contributed by atoms with Gasteiger partial charge in [0.15, 0.2) is 5.58 Å². The summed E-state index contributed by atoms with van der Waals surface area (Å²) in [5, 5.41) is 2.92. The van der Waals surface area contributed by atoms with E-state index in [2.05, 4.69) is 15.3 Å². The van der Waals surface area contributed by atoms with Crippen LogP contribution in [0.4, 0.5) is 11.8 Å². The molecule has 1 aliphatic heterocycles. The largest absolute Gasteiger partial charge is 0.424 e. The van der Waals surface area contributed by atoms with Crippen LogP contribution in [0.5, 0.6) is 0 Å². The lowest BCUT2D eigenvalue weighted by molar-refractivity contribution is -0.129. The summed E-state index contributed by atoms with van der Waals surface area (Å²) in [6.07, 6.45) is 1.74. The van der Waals surface area contributed by atoms with E-state index in [1.54, 1.807) is 18.1 Å². The molecule has 0 atom stereocenters. The van der Waals surface area contributed by atoms with Crippen molar-refractivity contribution in [1.82, 2.24) is 19.9 Å². The molecule has 2 aromatic heterocycles. The van der Waals surface area contributed by atoms with Crippen LogP contribution in [0.3, 0.4) is 0 Å². The Morgan fingerprint density at radius 2 is 1.79 bits per heavy atom. The number of hydrogen-bond donors (Lipinski definition) is 1. The van der Waals surface area contributed by atoms with Gasteiger partial charge in [-0.2, -0.15) is 4.98 Å². The first-order valence-electron chi connectivity index (χ1n) is 9.45. The van der Waals surface area contributed by atoms with Crippen LogP contribution in [-0.4, -0.2) is 59.5 Å². The molecular weight excluding hydrogens is 368 g/mol. The average molecular weight is 388 g/mol. The van der Waals surface area contributed by atoms with E-state index < -0.39 is 0 Å². The third-order valence-corrected chi connectivity index (χ3v) is 5.25. The van der Waals surface area contributed by atoms with Crippen LogP contribution in [0.1, 0.15) is 0 Å². The highest BCUT2D eigenvalue weighted by Gasteiger charge is 2.22. The minimum atomic E-state index is 0.0914. The maximum atomic E-state index is 12.0. The van der Waals surface area contributed by atoms with Crippen LogP contribution in [0.15, 0.2) is 47.0 Å². The van der Waals surface area contributed by atoms with Crippen molar-refractivity contribution >= 4 is 39.9 Å². The topological polar surface area (TPSA) is 87.4 Å². The molecule has 29 heavy (non-hydrogen) atoms. The van der Waals surface area contributed by atoms with Crippen LogP contribution < -0.4 is 10.2 Å². The van der Waals surface area contributed by atoms with Crippen molar-refractivity contribution in [2.45, 2.75) is 0 Å². The molecule has 1 N–H and O–H groups in total. The van der Waals surface area contributed by atoms with E-state index in [4.69, 9.17) is 9.40 Å². The Morgan fingerprint density at radius 1 is 1.00 bits per heavy atom. The number of carbonyl (C=O) groups is 1. The number of oxazole rings is 1. The van der Waals surface area contributed by atoms with E-state index in [0.29, 0.717) is 19.1 Å². The van der Waals surface area contributed by atoms with Crippen molar-refractivity contribution in [3.63, 3.8) is 0 Å². The van der Waals surface area contributed by atoms with Gasteiger partial charge in [-0.1, -0.05) is 12.1 Å². The molecule has 0 radical (unpaired) electrons. The maximum absolute atomic E-state index is 12.0. The smallest absolute Gasteiger partial charge is 0.295 e. The van der Waals surface area contributed by atoms with Crippen molar-refractivity contribution in [1.29, 1.82) is 0 Å². The van der Waals surface area contributed by atoms with E-state index in [1.807, 2.05) is 48.3 Å². The first-order chi connectivity index (χ1) is 14.1. The average Bonchev–Trinajstić information content (AvgIpc) is 3.17. The van der Waals surface area contributed by atoms with Gasteiger partial charge >= 0.3 is 0 Å². The zero-order chi connectivity index (χ0) is 20.0. The van der Waals surface area contributed by atoms with Crippen molar-refractivity contribution < 1.29 is 9.21 Å². The molecule has 8 heteroatoms. The fourth-order valence-corrected chi connectivity index (χ4v) is 3.50. The molecule has 146 valence electrons. The van der Waals surface area contributed by atoms with Gasteiger partial charge in [0.05, 0.1) is 23.8 Å². The van der Waals surface area contributed by atoms with E-state index in [-0.39, 0.29) is 5.91 Å². The molecule has 0 aliphatic carbocycles. The zero-order valence-electron chi connectivity index (χ0n) is 16.2. The molecule has 1 aliphatic rings. The number of piperazine rings is 1. The van der Waals surface area contributed by atoms with Gasteiger partial charge in [0.1, 0.15) is 11.3 Å². The molecule has 4 aromatic rings. The molecular formula is C21H20N6O2. The standard InChI is InChI=1S/C21H20N6O2/c1-22-21-25-17-10-14(4-6-18(17)29-21)13-3-5-15-16(9-13)24-19(11-23-15)27-8-7-26(2)20(28)12-27/h3-6,9-11H,7-8,12H2,1-2H3,(H,22,25). The monoisotopic (exact) mass is 388 g/mol. The first-order valence-corrected chi connectivity index (χ1v) is 9.45. The Labute approximate surface area is 167 Å². The molecule has 3 heterocycles. The highest BCUT2D eigenvalue weighted by molar-refractivity contribution is 5.87. The number of hydrogen-bond acceptors (Lipinski definition) is 7. The fraction of sp³-hybridized carbons (Fsp3) is 0.238. The number of anilines is 2. The van der Waals surface area contributed by atoms with Crippen LogP contribution in [0, 0.1) is 0 Å². The number of aromatic nitrogens is 3. The normalized spacial score (nSPS) is 14.8. The van der Waals surface area contributed by atoms with Crippen LogP contribution in [0.25, 0.3) is 33.3 Å². The fourth-order valence-electron chi connectivity index (χ4n) is 3.50.